The highest BCUT2D eigenvalue weighted by Gasteiger charge is 2.31. The normalized spacial score (nSPS) is 17.8. The van der Waals surface area contributed by atoms with Gasteiger partial charge in [-0.05, 0) is 56.1 Å². The van der Waals surface area contributed by atoms with Crippen LogP contribution >= 0.6 is 0 Å². The van der Waals surface area contributed by atoms with Gasteiger partial charge in [0.05, 0.1) is 25.4 Å². The fraction of sp³-hybridized carbons (Fsp3) is 0.300. The van der Waals surface area contributed by atoms with E-state index in [1.54, 1.807) is 6.08 Å². The lowest BCUT2D eigenvalue weighted by Crippen LogP contribution is -2.18. The van der Waals surface area contributed by atoms with E-state index in [0.29, 0.717) is 0 Å². The van der Waals surface area contributed by atoms with E-state index in [1.807, 2.05) is 39.8 Å². The molecule has 0 saturated carbocycles. The molecule has 0 N–H and O–H groups in total. The van der Waals surface area contributed by atoms with E-state index in [2.05, 4.69) is 6.08 Å². The minimum absolute atomic E-state index is 0.203. The maximum absolute atomic E-state index is 12.5. The summed E-state index contributed by atoms with van der Waals surface area (Å²) in [6.07, 6.45) is 7.53. The number of esters is 2. The van der Waals surface area contributed by atoms with Crippen LogP contribution in [0.2, 0.25) is 0 Å². The molecule has 0 heterocycles. The highest BCUT2D eigenvalue weighted by Crippen LogP contribution is 2.39. The van der Waals surface area contributed by atoms with Crippen molar-refractivity contribution < 1.29 is 19.1 Å². The van der Waals surface area contributed by atoms with Gasteiger partial charge < -0.3 is 9.47 Å². The second kappa shape index (κ2) is 6.87. The van der Waals surface area contributed by atoms with E-state index >= 15 is 0 Å². The predicted octanol–water partition coefficient (Wildman–Crippen LogP) is 3.74. The Morgan fingerprint density at radius 1 is 0.792 bits per heavy atom. The molecule has 24 heavy (non-hydrogen) atoms. The molecular weight excluding hydrogens is 306 g/mol. The van der Waals surface area contributed by atoms with Crippen LogP contribution in [-0.2, 0) is 19.1 Å². The Kier molecular flexibility index (Phi) is 5.07. The zero-order valence-corrected chi connectivity index (χ0v) is 14.9. The quantitative estimate of drug-likeness (QED) is 0.572. The van der Waals surface area contributed by atoms with Gasteiger partial charge in [0, 0.05) is 5.57 Å². The number of hydrogen-bond donors (Lipinski definition) is 0. The summed E-state index contributed by atoms with van der Waals surface area (Å²) in [5, 5.41) is 0. The van der Waals surface area contributed by atoms with Gasteiger partial charge >= 0.3 is 11.9 Å². The number of hydrogen-bond acceptors (Lipinski definition) is 4. The predicted molar refractivity (Wildman–Crippen MR) is 93.1 cm³/mol. The van der Waals surface area contributed by atoms with Crippen molar-refractivity contribution in [1.29, 1.82) is 0 Å². The Balaban J connectivity index is 2.96. The molecule has 0 radical (unpaired) electrons. The molecule has 0 aromatic rings. The molecule has 0 saturated heterocycles. The smallest absolute Gasteiger partial charge is 0.339 e. The number of methoxy groups -OCH3 is 2. The molecule has 0 aliphatic heterocycles. The van der Waals surface area contributed by atoms with Gasteiger partial charge in [0.2, 0.25) is 0 Å². The number of fused-ring (bicyclic) bond motifs is 1. The van der Waals surface area contributed by atoms with Crippen LogP contribution in [0.1, 0.15) is 27.7 Å². The van der Waals surface area contributed by atoms with Crippen LogP contribution in [0.3, 0.4) is 0 Å². The van der Waals surface area contributed by atoms with Gasteiger partial charge in [-0.3, -0.25) is 0 Å². The Hall–Kier alpha value is -2.62. The molecule has 4 heteroatoms. The first kappa shape index (κ1) is 17.7. The number of carbonyl (C=O) groups is 2. The molecule has 0 spiro atoms. The van der Waals surface area contributed by atoms with Crippen molar-refractivity contribution in [2.24, 2.45) is 0 Å². The molecule has 126 valence electrons. The highest BCUT2D eigenvalue weighted by atomic mass is 16.5. The van der Waals surface area contributed by atoms with Crippen molar-refractivity contribution >= 4 is 11.9 Å². The third kappa shape index (κ3) is 3.04. The average molecular weight is 328 g/mol. The van der Waals surface area contributed by atoms with Crippen LogP contribution in [0.15, 0.2) is 68.9 Å². The first-order valence-corrected chi connectivity index (χ1v) is 7.70. The molecular formula is C20H22O4. The van der Waals surface area contributed by atoms with Crippen molar-refractivity contribution in [3.05, 3.63) is 68.9 Å². The average Bonchev–Trinajstić information content (AvgIpc) is 2.75. The lowest BCUT2D eigenvalue weighted by Gasteiger charge is -2.18. The maximum Gasteiger partial charge on any atom is 0.339 e. The van der Waals surface area contributed by atoms with Crippen molar-refractivity contribution in [2.75, 3.05) is 14.2 Å². The molecule has 0 aromatic heterocycles. The molecule has 2 aliphatic carbocycles. The van der Waals surface area contributed by atoms with Gasteiger partial charge in [-0.15, -0.1) is 0 Å². The Labute approximate surface area is 142 Å². The summed E-state index contributed by atoms with van der Waals surface area (Å²) in [7, 11) is 2.61. The first-order chi connectivity index (χ1) is 11.3. The largest absolute Gasteiger partial charge is 0.465 e. The molecule has 0 bridgehead atoms. The Bertz CT molecular complexity index is 795. The zero-order chi connectivity index (χ0) is 18.0. The van der Waals surface area contributed by atoms with Crippen LogP contribution in [0, 0.1) is 0 Å². The van der Waals surface area contributed by atoms with Crippen LogP contribution in [-0.4, -0.2) is 26.2 Å². The third-order valence-electron chi connectivity index (χ3n) is 4.14. The minimum atomic E-state index is -0.562. The zero-order valence-electron chi connectivity index (χ0n) is 14.9. The molecule has 0 unspecified atom stereocenters. The minimum Gasteiger partial charge on any atom is -0.465 e. The van der Waals surface area contributed by atoms with Gasteiger partial charge in [-0.1, -0.05) is 23.8 Å². The summed E-state index contributed by atoms with van der Waals surface area (Å²) in [5.41, 5.74) is 6.09. The standard InChI is InChI=1S/C20H22O4/c1-11-9-13(3)16-12(2)7-8-15(19(21)23-5)18(20(22)24-6)17(16)14(4)10-11/h7-10H,1-6H3/i8+1,17+1. The Morgan fingerprint density at radius 3 is 2.00 bits per heavy atom. The molecule has 4 nitrogen and oxygen atoms in total. The molecule has 0 aromatic carbocycles. The number of rotatable bonds is 2. The second-order valence-corrected chi connectivity index (χ2v) is 5.94. The van der Waals surface area contributed by atoms with Gasteiger partial charge in [-0.2, -0.15) is 0 Å². The van der Waals surface area contributed by atoms with Crippen LogP contribution in [0.25, 0.3) is 0 Å². The lowest BCUT2D eigenvalue weighted by molar-refractivity contribution is -0.139. The summed E-state index contributed by atoms with van der Waals surface area (Å²) in [4.78, 5) is 24.8. The van der Waals surface area contributed by atoms with Gasteiger partial charge in [0.15, 0.2) is 0 Å². The fourth-order valence-electron chi connectivity index (χ4n) is 3.20. The van der Waals surface area contributed by atoms with Gasteiger partial charge in [0.1, 0.15) is 0 Å². The number of carbonyl (C=O) groups excluding carboxylic acids is 2. The van der Waals surface area contributed by atoms with Crippen molar-refractivity contribution in [2.45, 2.75) is 27.7 Å². The van der Waals surface area contributed by atoms with E-state index in [-0.39, 0.29) is 11.1 Å². The van der Waals surface area contributed by atoms with Crippen LogP contribution in [0.5, 0.6) is 0 Å². The van der Waals surface area contributed by atoms with Gasteiger partial charge in [-0.25, -0.2) is 9.59 Å². The third-order valence-corrected chi connectivity index (χ3v) is 4.14. The number of ether oxygens (including phenoxy) is 2. The fourth-order valence-corrected chi connectivity index (χ4v) is 3.20. The molecule has 2 rings (SSSR count). The highest BCUT2D eigenvalue weighted by molar-refractivity contribution is 6.09. The van der Waals surface area contributed by atoms with Crippen molar-refractivity contribution in [3.8, 4) is 0 Å². The Morgan fingerprint density at radius 2 is 1.42 bits per heavy atom. The molecule has 0 fully saturated rings. The topological polar surface area (TPSA) is 52.6 Å². The van der Waals surface area contributed by atoms with Crippen molar-refractivity contribution in [3.63, 3.8) is 0 Å². The monoisotopic (exact) mass is 328 g/mol. The summed E-state index contributed by atoms with van der Waals surface area (Å²) in [6.45, 7) is 7.90. The lowest BCUT2D eigenvalue weighted by atomic mass is 10.0. The summed E-state index contributed by atoms with van der Waals surface area (Å²) in [6, 6.07) is 0. The summed E-state index contributed by atoms with van der Waals surface area (Å²) < 4.78 is 9.84. The van der Waals surface area contributed by atoms with E-state index < -0.39 is 11.9 Å². The van der Waals surface area contributed by atoms with Crippen LogP contribution < -0.4 is 0 Å². The molecule has 0 atom stereocenters. The van der Waals surface area contributed by atoms with Crippen molar-refractivity contribution in [1.82, 2.24) is 0 Å². The number of allylic oxidation sites excluding steroid dienone is 10. The van der Waals surface area contributed by atoms with E-state index in [9.17, 15) is 9.59 Å². The summed E-state index contributed by atoms with van der Waals surface area (Å²) >= 11 is 0. The van der Waals surface area contributed by atoms with E-state index in [1.165, 1.54) is 14.2 Å². The molecule has 2 aliphatic rings. The maximum atomic E-state index is 12.5. The SMILES string of the molecule is COC(=O)C1=[13CH]C=C(C)C2=C(C)C=C(C)C=C(C)[13C]2=C1C(=O)OC. The van der Waals surface area contributed by atoms with Gasteiger partial charge in [0.25, 0.3) is 0 Å². The molecule has 0 amide bonds. The van der Waals surface area contributed by atoms with E-state index in [0.717, 1.165) is 33.4 Å². The van der Waals surface area contributed by atoms with E-state index in [4.69, 9.17) is 9.47 Å². The second-order valence-electron chi connectivity index (χ2n) is 5.94. The van der Waals surface area contributed by atoms with Crippen LogP contribution in [0.4, 0.5) is 0 Å². The summed E-state index contributed by atoms with van der Waals surface area (Å²) in [5.74, 6) is -1.12. The first-order valence-electron chi connectivity index (χ1n) is 7.70.